The number of amides is 1. The van der Waals surface area contributed by atoms with E-state index < -0.39 is 17.8 Å². The summed E-state index contributed by atoms with van der Waals surface area (Å²) in [5.41, 5.74) is -0.296. The number of cyclic esters (lactones) is 1. The number of halogens is 3. The van der Waals surface area contributed by atoms with Crippen molar-refractivity contribution in [2.45, 2.75) is 6.18 Å². The number of rotatable bonds is 1. The van der Waals surface area contributed by atoms with Crippen LogP contribution in [-0.2, 0) is 10.9 Å². The second-order valence-electron chi connectivity index (χ2n) is 3.41. The fourth-order valence-corrected chi connectivity index (χ4v) is 1.40. The molecule has 0 radical (unpaired) electrons. The van der Waals surface area contributed by atoms with Gasteiger partial charge in [0.05, 0.1) is 5.56 Å². The van der Waals surface area contributed by atoms with Crippen LogP contribution in [0.25, 0.3) is 5.76 Å². The first-order chi connectivity index (χ1) is 7.97. The lowest BCUT2D eigenvalue weighted by Crippen LogP contribution is -2.28. The number of carbonyl (C=O) groups excluding carboxylic acids is 1. The van der Waals surface area contributed by atoms with Crippen LogP contribution in [0.4, 0.5) is 18.0 Å². The molecule has 0 spiro atoms. The van der Waals surface area contributed by atoms with Crippen LogP contribution in [-0.4, -0.2) is 12.6 Å². The molecule has 1 aromatic carbocycles. The zero-order chi connectivity index (χ0) is 12.5. The van der Waals surface area contributed by atoms with Crippen LogP contribution in [0.3, 0.4) is 0 Å². The first-order valence-electron chi connectivity index (χ1n) is 4.80. The van der Waals surface area contributed by atoms with E-state index in [0.717, 1.165) is 12.1 Å². The third-order valence-corrected chi connectivity index (χ3v) is 2.23. The average Bonchev–Trinajstić information content (AvgIpc) is 2.28. The second kappa shape index (κ2) is 4.12. The molecule has 1 heterocycles. The Labute approximate surface area is 94.9 Å². The van der Waals surface area contributed by atoms with Crippen molar-refractivity contribution in [3.63, 3.8) is 0 Å². The molecule has 1 N–H and O–H groups in total. The van der Waals surface area contributed by atoms with Crippen molar-refractivity contribution in [1.82, 2.24) is 5.32 Å². The number of benzene rings is 1. The molecule has 0 saturated heterocycles. The highest BCUT2D eigenvalue weighted by atomic mass is 19.4. The third kappa shape index (κ3) is 2.58. The Morgan fingerprint density at radius 1 is 1.18 bits per heavy atom. The first kappa shape index (κ1) is 11.5. The molecule has 1 aliphatic heterocycles. The predicted molar refractivity (Wildman–Crippen MR) is 53.9 cm³/mol. The fourth-order valence-electron chi connectivity index (χ4n) is 1.40. The summed E-state index contributed by atoms with van der Waals surface area (Å²) in [5.74, 6) is 0.266. The molecular weight excluding hydrogens is 235 g/mol. The SMILES string of the molecule is O=C1NCC=C(c2ccc(C(F)(F)F)cc2)O1. The molecule has 1 amide bonds. The van der Waals surface area contributed by atoms with Crippen LogP contribution in [0.1, 0.15) is 11.1 Å². The summed E-state index contributed by atoms with van der Waals surface area (Å²) >= 11 is 0. The van der Waals surface area contributed by atoms with Gasteiger partial charge in [-0.1, -0.05) is 12.1 Å². The van der Waals surface area contributed by atoms with E-state index in [1.165, 1.54) is 12.1 Å². The summed E-state index contributed by atoms with van der Waals surface area (Å²) in [6.45, 7) is 0.301. The van der Waals surface area contributed by atoms with Gasteiger partial charge in [0.1, 0.15) is 5.76 Å². The van der Waals surface area contributed by atoms with Gasteiger partial charge in [0.25, 0.3) is 0 Å². The maximum absolute atomic E-state index is 12.3. The highest BCUT2D eigenvalue weighted by Gasteiger charge is 2.30. The van der Waals surface area contributed by atoms with Crippen molar-refractivity contribution < 1.29 is 22.7 Å². The molecule has 90 valence electrons. The number of ether oxygens (including phenoxy) is 1. The van der Waals surface area contributed by atoms with Crippen LogP contribution >= 0.6 is 0 Å². The molecule has 0 aromatic heterocycles. The Balaban J connectivity index is 2.24. The molecule has 0 bridgehead atoms. The van der Waals surface area contributed by atoms with E-state index in [1.807, 2.05) is 0 Å². The van der Waals surface area contributed by atoms with E-state index in [4.69, 9.17) is 4.74 Å². The minimum atomic E-state index is -4.36. The lowest BCUT2D eigenvalue weighted by Gasteiger charge is -2.15. The summed E-state index contributed by atoms with van der Waals surface area (Å²) < 4.78 is 41.8. The van der Waals surface area contributed by atoms with E-state index in [0.29, 0.717) is 12.1 Å². The van der Waals surface area contributed by atoms with Gasteiger partial charge in [-0.2, -0.15) is 13.2 Å². The standard InChI is InChI=1S/C11H8F3NO2/c12-11(13,14)8-3-1-7(2-4-8)9-5-6-15-10(16)17-9/h1-5H,6H2,(H,15,16). The van der Waals surface area contributed by atoms with Gasteiger partial charge >= 0.3 is 12.3 Å². The first-order valence-corrected chi connectivity index (χ1v) is 4.80. The summed E-state index contributed by atoms with van der Waals surface area (Å²) in [5, 5.41) is 2.40. The zero-order valence-electron chi connectivity index (χ0n) is 8.54. The highest BCUT2D eigenvalue weighted by Crippen LogP contribution is 2.30. The summed E-state index contributed by atoms with van der Waals surface area (Å²) in [6, 6.07) is 4.44. The van der Waals surface area contributed by atoms with Gasteiger partial charge in [-0.25, -0.2) is 4.79 Å². The monoisotopic (exact) mass is 243 g/mol. The van der Waals surface area contributed by atoms with Crippen LogP contribution in [0.2, 0.25) is 0 Å². The van der Waals surface area contributed by atoms with Gasteiger partial charge in [0.15, 0.2) is 0 Å². The fraction of sp³-hybridized carbons (Fsp3) is 0.182. The van der Waals surface area contributed by atoms with E-state index >= 15 is 0 Å². The molecule has 1 aliphatic rings. The van der Waals surface area contributed by atoms with Gasteiger partial charge < -0.3 is 10.1 Å². The second-order valence-corrected chi connectivity index (χ2v) is 3.41. The molecule has 0 aliphatic carbocycles. The molecule has 3 nitrogen and oxygen atoms in total. The third-order valence-electron chi connectivity index (χ3n) is 2.23. The lowest BCUT2D eigenvalue weighted by molar-refractivity contribution is -0.137. The van der Waals surface area contributed by atoms with Gasteiger partial charge in [-0.3, -0.25) is 0 Å². The van der Waals surface area contributed by atoms with E-state index in [-0.39, 0.29) is 5.76 Å². The average molecular weight is 243 g/mol. The summed E-state index contributed by atoms with van der Waals surface area (Å²) in [7, 11) is 0. The van der Waals surface area contributed by atoms with Gasteiger partial charge in [-0.15, -0.1) is 0 Å². The normalized spacial score (nSPS) is 15.9. The number of nitrogens with one attached hydrogen (secondary N) is 1. The van der Waals surface area contributed by atoms with Crippen molar-refractivity contribution in [2.24, 2.45) is 0 Å². The Hall–Kier alpha value is -1.98. The zero-order valence-corrected chi connectivity index (χ0v) is 8.54. The highest BCUT2D eigenvalue weighted by molar-refractivity contribution is 5.79. The number of alkyl carbamates (subject to hydrolysis) is 1. The molecule has 17 heavy (non-hydrogen) atoms. The predicted octanol–water partition coefficient (Wildman–Crippen LogP) is 2.79. The number of hydrogen-bond donors (Lipinski definition) is 1. The Kier molecular flexibility index (Phi) is 2.79. The molecule has 0 unspecified atom stereocenters. The van der Waals surface area contributed by atoms with Crippen molar-refractivity contribution in [1.29, 1.82) is 0 Å². The van der Waals surface area contributed by atoms with Crippen molar-refractivity contribution in [2.75, 3.05) is 6.54 Å². The van der Waals surface area contributed by atoms with Crippen molar-refractivity contribution in [3.8, 4) is 0 Å². The number of hydrogen-bond acceptors (Lipinski definition) is 2. The van der Waals surface area contributed by atoms with E-state index in [9.17, 15) is 18.0 Å². The molecule has 0 saturated carbocycles. The Morgan fingerprint density at radius 2 is 1.82 bits per heavy atom. The van der Waals surface area contributed by atoms with Crippen LogP contribution in [0.15, 0.2) is 30.3 Å². The lowest BCUT2D eigenvalue weighted by atomic mass is 10.1. The van der Waals surface area contributed by atoms with Crippen LogP contribution in [0.5, 0.6) is 0 Å². The summed E-state index contributed by atoms with van der Waals surface area (Å²) in [6.07, 6.45) is -3.38. The van der Waals surface area contributed by atoms with Crippen molar-refractivity contribution in [3.05, 3.63) is 41.5 Å². The topological polar surface area (TPSA) is 38.3 Å². The van der Waals surface area contributed by atoms with Gasteiger partial charge in [-0.05, 0) is 18.2 Å². The van der Waals surface area contributed by atoms with Crippen LogP contribution in [0, 0.1) is 0 Å². The molecular formula is C11H8F3NO2. The van der Waals surface area contributed by atoms with Gasteiger partial charge in [0, 0.05) is 12.1 Å². The number of alkyl halides is 3. The molecule has 1 aromatic rings. The molecule has 0 fully saturated rings. The number of carbonyl (C=O) groups is 1. The maximum Gasteiger partial charge on any atom is 0.416 e. The quantitative estimate of drug-likeness (QED) is 0.823. The summed E-state index contributed by atoms with van der Waals surface area (Å²) in [4.78, 5) is 10.9. The Morgan fingerprint density at radius 3 is 2.35 bits per heavy atom. The van der Waals surface area contributed by atoms with E-state index in [1.54, 1.807) is 6.08 Å². The van der Waals surface area contributed by atoms with Crippen molar-refractivity contribution >= 4 is 11.9 Å². The maximum atomic E-state index is 12.3. The molecule has 0 atom stereocenters. The van der Waals surface area contributed by atoms with Crippen LogP contribution < -0.4 is 5.32 Å². The largest absolute Gasteiger partial charge is 0.416 e. The van der Waals surface area contributed by atoms with E-state index in [2.05, 4.69) is 5.32 Å². The Bertz CT molecular complexity index is 463. The smallest absolute Gasteiger partial charge is 0.410 e. The minimum absolute atomic E-state index is 0.266. The van der Waals surface area contributed by atoms with Gasteiger partial charge in [0.2, 0.25) is 0 Å². The minimum Gasteiger partial charge on any atom is -0.410 e. The molecule has 2 rings (SSSR count). The molecule has 6 heteroatoms.